The van der Waals surface area contributed by atoms with E-state index in [1.54, 1.807) is 31.4 Å². The standard InChI is InChI=1S/C30H27N3O5S2/c1-38-20-14-15-24-25(17-20)40-30(32-24)33-28(35)26(18-8-3-2-4-9-18)39-21-11-7-10-19(16-21)31-27(34)22-12-5-6-13-23(22)29(36)37/h2-11,14-17,22-23,26H,12-13H2,1H3,(H,31,34)(H,36,37)(H,32,33,35). The van der Waals surface area contributed by atoms with Crippen molar-refractivity contribution in [2.75, 3.05) is 17.7 Å². The molecule has 8 nitrogen and oxygen atoms in total. The molecular weight excluding hydrogens is 546 g/mol. The van der Waals surface area contributed by atoms with Crippen LogP contribution in [0.1, 0.15) is 23.7 Å². The molecule has 5 rings (SSSR count). The number of aliphatic carboxylic acids is 1. The minimum Gasteiger partial charge on any atom is -0.497 e. The van der Waals surface area contributed by atoms with Crippen LogP contribution in [0.15, 0.2) is 89.8 Å². The van der Waals surface area contributed by atoms with E-state index >= 15 is 0 Å². The van der Waals surface area contributed by atoms with E-state index < -0.39 is 23.1 Å². The number of aromatic nitrogens is 1. The zero-order valence-electron chi connectivity index (χ0n) is 21.6. The van der Waals surface area contributed by atoms with Gasteiger partial charge in [-0.1, -0.05) is 59.9 Å². The lowest BCUT2D eigenvalue weighted by Crippen LogP contribution is -2.34. The summed E-state index contributed by atoms with van der Waals surface area (Å²) in [6.45, 7) is 0. The van der Waals surface area contributed by atoms with E-state index in [0.717, 1.165) is 26.4 Å². The number of nitrogens with one attached hydrogen (secondary N) is 2. The lowest BCUT2D eigenvalue weighted by Gasteiger charge is -2.24. The molecule has 2 amide bonds. The molecule has 3 N–H and O–H groups in total. The monoisotopic (exact) mass is 573 g/mol. The number of carboxylic acids is 1. The number of carbonyl (C=O) groups is 3. The van der Waals surface area contributed by atoms with Crippen LogP contribution in [0.5, 0.6) is 5.75 Å². The van der Waals surface area contributed by atoms with Crippen LogP contribution in [-0.4, -0.2) is 35.0 Å². The average Bonchev–Trinajstić information content (AvgIpc) is 3.37. The summed E-state index contributed by atoms with van der Waals surface area (Å²) in [4.78, 5) is 43.5. The zero-order chi connectivity index (χ0) is 28.1. The van der Waals surface area contributed by atoms with Gasteiger partial charge in [-0.05, 0) is 54.8 Å². The normalized spacial score (nSPS) is 17.2. The summed E-state index contributed by atoms with van der Waals surface area (Å²) >= 11 is 2.73. The molecule has 10 heteroatoms. The van der Waals surface area contributed by atoms with Crippen LogP contribution in [0.3, 0.4) is 0 Å². The van der Waals surface area contributed by atoms with Gasteiger partial charge in [-0.25, -0.2) is 4.98 Å². The number of thiazole rings is 1. The molecule has 1 aromatic heterocycles. The summed E-state index contributed by atoms with van der Waals surface area (Å²) in [6, 6.07) is 22.2. The Kier molecular flexibility index (Phi) is 8.47. The number of rotatable bonds is 9. The van der Waals surface area contributed by atoms with Gasteiger partial charge in [-0.2, -0.15) is 0 Å². The first-order valence-electron chi connectivity index (χ1n) is 12.7. The van der Waals surface area contributed by atoms with Crippen LogP contribution in [0.2, 0.25) is 0 Å². The predicted octanol–water partition coefficient (Wildman–Crippen LogP) is 6.38. The average molecular weight is 574 g/mol. The number of hydrogen-bond acceptors (Lipinski definition) is 7. The van der Waals surface area contributed by atoms with E-state index in [0.29, 0.717) is 23.7 Å². The molecule has 0 aliphatic heterocycles. The highest BCUT2D eigenvalue weighted by Gasteiger charge is 2.34. The molecule has 1 heterocycles. The summed E-state index contributed by atoms with van der Waals surface area (Å²) < 4.78 is 6.20. The Bertz CT molecular complexity index is 1570. The van der Waals surface area contributed by atoms with Gasteiger partial charge in [0, 0.05) is 10.6 Å². The van der Waals surface area contributed by atoms with Gasteiger partial charge in [0.25, 0.3) is 0 Å². The van der Waals surface area contributed by atoms with E-state index in [1.165, 1.54) is 23.1 Å². The first-order valence-corrected chi connectivity index (χ1v) is 14.4. The minimum absolute atomic E-state index is 0.227. The number of fused-ring (bicyclic) bond motifs is 1. The first-order chi connectivity index (χ1) is 19.4. The Morgan fingerprint density at radius 1 is 0.975 bits per heavy atom. The molecule has 0 saturated carbocycles. The zero-order valence-corrected chi connectivity index (χ0v) is 23.2. The third kappa shape index (κ3) is 6.35. The van der Waals surface area contributed by atoms with Crippen molar-refractivity contribution in [3.8, 4) is 5.75 Å². The van der Waals surface area contributed by atoms with Gasteiger partial charge >= 0.3 is 5.97 Å². The van der Waals surface area contributed by atoms with Crippen LogP contribution in [0.4, 0.5) is 10.8 Å². The molecule has 0 radical (unpaired) electrons. The van der Waals surface area contributed by atoms with Crippen LogP contribution in [-0.2, 0) is 14.4 Å². The highest BCUT2D eigenvalue weighted by atomic mass is 32.2. The van der Waals surface area contributed by atoms with Gasteiger partial charge in [0.2, 0.25) is 11.8 Å². The number of nitrogens with zero attached hydrogens (tertiary/aromatic N) is 1. The molecule has 3 atom stereocenters. The lowest BCUT2D eigenvalue weighted by atomic mass is 9.82. The maximum Gasteiger partial charge on any atom is 0.307 e. The fourth-order valence-corrected chi connectivity index (χ4v) is 6.53. The van der Waals surface area contributed by atoms with Crippen molar-refractivity contribution >= 4 is 61.9 Å². The molecular formula is C30H27N3O5S2. The summed E-state index contributed by atoms with van der Waals surface area (Å²) in [7, 11) is 1.60. The van der Waals surface area contributed by atoms with E-state index in [1.807, 2.05) is 60.7 Å². The topological polar surface area (TPSA) is 118 Å². The minimum atomic E-state index is -0.974. The van der Waals surface area contributed by atoms with E-state index in [9.17, 15) is 19.5 Å². The fourth-order valence-electron chi connectivity index (χ4n) is 4.55. The van der Waals surface area contributed by atoms with E-state index in [4.69, 9.17) is 4.74 Å². The number of carboxylic acid groups (broad SMARTS) is 1. The van der Waals surface area contributed by atoms with Gasteiger partial charge < -0.3 is 20.5 Å². The highest BCUT2D eigenvalue weighted by molar-refractivity contribution is 8.00. The molecule has 3 unspecified atom stereocenters. The molecule has 204 valence electrons. The van der Waals surface area contributed by atoms with Crippen molar-refractivity contribution in [1.29, 1.82) is 0 Å². The van der Waals surface area contributed by atoms with Crippen molar-refractivity contribution < 1.29 is 24.2 Å². The van der Waals surface area contributed by atoms with Crippen molar-refractivity contribution in [2.45, 2.75) is 23.0 Å². The maximum atomic E-state index is 13.6. The number of methoxy groups -OCH3 is 1. The van der Waals surface area contributed by atoms with Gasteiger partial charge in [-0.15, -0.1) is 11.8 Å². The van der Waals surface area contributed by atoms with Crippen LogP contribution >= 0.6 is 23.1 Å². The molecule has 0 saturated heterocycles. The summed E-state index contributed by atoms with van der Waals surface area (Å²) in [5, 5.41) is 15.3. The van der Waals surface area contributed by atoms with Gasteiger partial charge in [0.1, 0.15) is 11.0 Å². The highest BCUT2D eigenvalue weighted by Crippen LogP contribution is 2.38. The molecule has 1 aliphatic carbocycles. The van der Waals surface area contributed by atoms with Crippen LogP contribution < -0.4 is 15.4 Å². The van der Waals surface area contributed by atoms with Gasteiger partial charge in [0.05, 0.1) is 29.2 Å². The maximum absolute atomic E-state index is 13.6. The van der Waals surface area contributed by atoms with Crippen molar-refractivity contribution in [1.82, 2.24) is 4.98 Å². The number of carbonyl (C=O) groups excluding carboxylic acids is 2. The van der Waals surface area contributed by atoms with E-state index in [-0.39, 0.29) is 11.8 Å². The molecule has 0 spiro atoms. The predicted molar refractivity (Wildman–Crippen MR) is 158 cm³/mol. The molecule has 40 heavy (non-hydrogen) atoms. The Labute approximate surface area is 239 Å². The Morgan fingerprint density at radius 3 is 2.50 bits per heavy atom. The Hall–Kier alpha value is -4.15. The fraction of sp³-hybridized carbons (Fsp3) is 0.200. The second-order valence-electron chi connectivity index (χ2n) is 9.26. The number of hydrogen-bond donors (Lipinski definition) is 3. The molecule has 0 bridgehead atoms. The van der Waals surface area contributed by atoms with Crippen LogP contribution in [0, 0.1) is 11.8 Å². The van der Waals surface area contributed by atoms with Gasteiger partial charge in [-0.3, -0.25) is 14.4 Å². The number of benzene rings is 3. The smallest absolute Gasteiger partial charge is 0.307 e. The third-order valence-corrected chi connectivity index (χ3v) is 8.79. The molecule has 0 fully saturated rings. The number of allylic oxidation sites excluding steroid dienone is 2. The SMILES string of the molecule is COc1ccc2nc(NC(=O)C(Sc3cccc(NC(=O)C4CC=CCC4C(=O)O)c3)c3ccccc3)sc2c1. The van der Waals surface area contributed by atoms with Gasteiger partial charge in [0.15, 0.2) is 5.13 Å². The molecule has 3 aromatic carbocycles. The van der Waals surface area contributed by atoms with E-state index in [2.05, 4.69) is 15.6 Å². The number of anilines is 2. The third-order valence-electron chi connectivity index (χ3n) is 6.61. The van der Waals surface area contributed by atoms with Crippen molar-refractivity contribution in [3.63, 3.8) is 0 Å². The molecule has 4 aromatic rings. The largest absolute Gasteiger partial charge is 0.497 e. The summed E-state index contributed by atoms with van der Waals surface area (Å²) in [5.41, 5.74) is 2.13. The second kappa shape index (κ2) is 12.4. The summed E-state index contributed by atoms with van der Waals surface area (Å²) in [5.74, 6) is -2.21. The first kappa shape index (κ1) is 27.4. The Balaban J connectivity index is 1.34. The van der Waals surface area contributed by atoms with Crippen molar-refractivity contribution in [2.24, 2.45) is 11.8 Å². The Morgan fingerprint density at radius 2 is 1.75 bits per heavy atom. The van der Waals surface area contributed by atoms with Crippen LogP contribution in [0.25, 0.3) is 10.2 Å². The molecule has 1 aliphatic rings. The number of ether oxygens (including phenoxy) is 1. The number of thioether (sulfide) groups is 1. The quantitative estimate of drug-likeness (QED) is 0.157. The number of amides is 2. The summed E-state index contributed by atoms with van der Waals surface area (Å²) in [6.07, 6.45) is 4.37. The second-order valence-corrected chi connectivity index (χ2v) is 11.5. The lowest BCUT2D eigenvalue weighted by molar-refractivity contribution is -0.146. The van der Waals surface area contributed by atoms with Crippen molar-refractivity contribution in [3.05, 3.63) is 90.5 Å².